The number of amidine groups is 1. The molecule has 0 amide bonds. The van der Waals surface area contributed by atoms with Crippen LogP contribution in [0.5, 0.6) is 5.75 Å². The molecular weight excluding hydrogens is 342 g/mol. The number of hydrogen-bond acceptors (Lipinski definition) is 4. The van der Waals surface area contributed by atoms with E-state index in [1.807, 2.05) is 30.5 Å². The Morgan fingerprint density at radius 2 is 1.89 bits per heavy atom. The second-order valence-electron chi connectivity index (χ2n) is 6.33. The van der Waals surface area contributed by atoms with Crippen molar-refractivity contribution in [3.05, 3.63) is 65.9 Å². The molecule has 0 spiro atoms. The number of unbranched alkanes of at least 4 members (excludes halogenated alkanes) is 2. The number of nitrogens with two attached hydrogens (primary N) is 1. The summed E-state index contributed by atoms with van der Waals surface area (Å²) < 4.78 is 7.87. The third-order valence-electron chi connectivity index (χ3n) is 4.52. The largest absolute Gasteiger partial charge is 0.494 e. The lowest BCUT2D eigenvalue weighted by Gasteiger charge is -2.08. The van der Waals surface area contributed by atoms with E-state index in [1.54, 1.807) is 24.3 Å². The molecule has 3 rings (SSSR count). The van der Waals surface area contributed by atoms with Crippen molar-refractivity contribution in [1.29, 1.82) is 0 Å². The van der Waals surface area contributed by atoms with Crippen molar-refractivity contribution in [2.45, 2.75) is 25.8 Å². The number of ether oxygens (including phenoxy) is 1. The third-order valence-corrected chi connectivity index (χ3v) is 4.52. The van der Waals surface area contributed by atoms with Gasteiger partial charge in [0.1, 0.15) is 5.75 Å². The molecule has 0 atom stereocenters. The Hall–Kier alpha value is -3.28. The lowest BCUT2D eigenvalue weighted by Crippen LogP contribution is -2.12. The van der Waals surface area contributed by atoms with Gasteiger partial charge in [0.05, 0.1) is 6.61 Å². The van der Waals surface area contributed by atoms with Crippen molar-refractivity contribution < 1.29 is 14.7 Å². The first-order valence-electron chi connectivity index (χ1n) is 8.96. The van der Waals surface area contributed by atoms with Crippen LogP contribution >= 0.6 is 0 Å². The Morgan fingerprint density at radius 3 is 2.63 bits per heavy atom. The van der Waals surface area contributed by atoms with Gasteiger partial charge in [-0.1, -0.05) is 23.4 Å². The number of hydrogen-bond donors (Lipinski definition) is 2. The predicted molar refractivity (Wildman–Crippen MR) is 106 cm³/mol. The molecule has 6 heteroatoms. The summed E-state index contributed by atoms with van der Waals surface area (Å²) >= 11 is 0. The molecular formula is C21H23N3O3. The van der Waals surface area contributed by atoms with Gasteiger partial charge >= 0.3 is 0 Å². The number of carbonyl (C=O) groups excluding carboxylic acids is 1. The maximum Gasteiger partial charge on any atom is 0.170 e. The average Bonchev–Trinajstić information content (AvgIpc) is 3.08. The zero-order valence-corrected chi connectivity index (χ0v) is 15.0. The average molecular weight is 365 g/mol. The second kappa shape index (κ2) is 8.89. The molecule has 27 heavy (non-hydrogen) atoms. The quantitative estimate of drug-likeness (QED) is 0.151. The smallest absolute Gasteiger partial charge is 0.170 e. The monoisotopic (exact) mass is 365 g/mol. The fraction of sp³-hybridized carbons (Fsp3) is 0.238. The van der Waals surface area contributed by atoms with Gasteiger partial charge in [-0.3, -0.25) is 4.79 Å². The Morgan fingerprint density at radius 1 is 1.11 bits per heavy atom. The first-order chi connectivity index (χ1) is 13.2. The lowest BCUT2D eigenvalue weighted by molar-refractivity contribution is 0.112. The van der Waals surface area contributed by atoms with E-state index in [9.17, 15) is 4.79 Å². The van der Waals surface area contributed by atoms with Crippen LogP contribution in [0.2, 0.25) is 0 Å². The molecule has 3 aromatic rings. The number of carbonyl (C=O) groups is 1. The molecule has 0 saturated carbocycles. The molecule has 0 saturated heterocycles. The summed E-state index contributed by atoms with van der Waals surface area (Å²) in [7, 11) is 0. The van der Waals surface area contributed by atoms with E-state index in [0.717, 1.165) is 54.3 Å². The van der Waals surface area contributed by atoms with Crippen molar-refractivity contribution in [1.82, 2.24) is 4.57 Å². The van der Waals surface area contributed by atoms with Crippen LogP contribution in [0.4, 0.5) is 0 Å². The van der Waals surface area contributed by atoms with E-state index in [4.69, 9.17) is 15.7 Å². The van der Waals surface area contributed by atoms with E-state index in [-0.39, 0.29) is 5.84 Å². The number of aromatic nitrogens is 1. The van der Waals surface area contributed by atoms with Gasteiger partial charge in [-0.15, -0.1) is 0 Å². The molecule has 1 heterocycles. The van der Waals surface area contributed by atoms with Gasteiger partial charge in [0.15, 0.2) is 12.1 Å². The minimum absolute atomic E-state index is 0.0804. The highest BCUT2D eigenvalue weighted by molar-refractivity contribution is 5.97. The standard InChI is InChI=1S/C21H23N3O3/c22-21(23-26)16-8-10-18(11-9-16)27-13-5-1-4-12-24-14-17(15-25)19-6-2-3-7-20(19)24/h2-3,6-11,14-15,26H,1,4-5,12-13H2,(H2,22,23). The number of aldehydes is 1. The number of nitrogens with zero attached hydrogens (tertiary/aromatic N) is 2. The Labute approximate surface area is 157 Å². The fourth-order valence-electron chi connectivity index (χ4n) is 3.08. The van der Waals surface area contributed by atoms with E-state index < -0.39 is 0 Å². The zero-order valence-electron chi connectivity index (χ0n) is 15.0. The number of aryl methyl sites for hydroxylation is 1. The van der Waals surface area contributed by atoms with Crippen LogP contribution in [-0.2, 0) is 6.54 Å². The minimum Gasteiger partial charge on any atom is -0.494 e. The summed E-state index contributed by atoms with van der Waals surface area (Å²) in [6, 6.07) is 15.1. The van der Waals surface area contributed by atoms with Crippen LogP contribution in [0.1, 0.15) is 35.2 Å². The molecule has 0 unspecified atom stereocenters. The highest BCUT2D eigenvalue weighted by atomic mass is 16.5. The summed E-state index contributed by atoms with van der Waals surface area (Å²) in [5, 5.41) is 12.6. The number of benzene rings is 2. The van der Waals surface area contributed by atoms with E-state index in [2.05, 4.69) is 9.72 Å². The molecule has 0 aliphatic carbocycles. The normalized spacial score (nSPS) is 11.6. The van der Waals surface area contributed by atoms with Gasteiger partial charge in [-0.2, -0.15) is 0 Å². The molecule has 1 aromatic heterocycles. The van der Waals surface area contributed by atoms with Gasteiger partial charge in [0.2, 0.25) is 0 Å². The van der Waals surface area contributed by atoms with Gasteiger partial charge in [0, 0.05) is 34.8 Å². The summed E-state index contributed by atoms with van der Waals surface area (Å²) in [6.07, 6.45) is 5.84. The topological polar surface area (TPSA) is 89.8 Å². The van der Waals surface area contributed by atoms with Gasteiger partial charge in [0.25, 0.3) is 0 Å². The van der Waals surface area contributed by atoms with Crippen molar-refractivity contribution in [3.8, 4) is 5.75 Å². The Kier molecular flexibility index (Phi) is 6.10. The summed E-state index contributed by atoms with van der Waals surface area (Å²) in [5.41, 5.74) is 8.02. The van der Waals surface area contributed by atoms with Crippen molar-refractivity contribution >= 4 is 23.0 Å². The maximum absolute atomic E-state index is 11.2. The molecule has 0 aliphatic rings. The van der Waals surface area contributed by atoms with Gasteiger partial charge in [-0.25, -0.2) is 0 Å². The van der Waals surface area contributed by atoms with Crippen LogP contribution < -0.4 is 10.5 Å². The fourth-order valence-corrected chi connectivity index (χ4v) is 3.08. The van der Waals surface area contributed by atoms with Crippen molar-refractivity contribution in [3.63, 3.8) is 0 Å². The molecule has 0 bridgehead atoms. The summed E-state index contributed by atoms with van der Waals surface area (Å²) in [5.74, 6) is 0.841. The maximum atomic E-state index is 11.2. The SMILES string of the molecule is N/C(=N\O)c1ccc(OCCCCCn2cc(C=O)c3ccccc32)cc1. The second-order valence-corrected chi connectivity index (χ2v) is 6.33. The molecule has 0 fully saturated rings. The lowest BCUT2D eigenvalue weighted by atomic mass is 10.2. The van der Waals surface area contributed by atoms with Gasteiger partial charge < -0.3 is 20.2 Å². The first-order valence-corrected chi connectivity index (χ1v) is 8.96. The minimum atomic E-state index is 0.0804. The predicted octanol–water partition coefficient (Wildman–Crippen LogP) is 3.80. The molecule has 0 aliphatic heterocycles. The molecule has 6 nitrogen and oxygen atoms in total. The van der Waals surface area contributed by atoms with E-state index in [0.29, 0.717) is 12.2 Å². The molecule has 140 valence electrons. The van der Waals surface area contributed by atoms with Crippen molar-refractivity contribution in [2.75, 3.05) is 6.61 Å². The summed E-state index contributed by atoms with van der Waals surface area (Å²) in [6.45, 7) is 1.51. The third kappa shape index (κ3) is 4.47. The zero-order chi connectivity index (χ0) is 19.1. The molecule has 0 radical (unpaired) electrons. The number of para-hydroxylation sites is 1. The molecule has 3 N–H and O–H groups in total. The highest BCUT2D eigenvalue weighted by Gasteiger charge is 2.06. The van der Waals surface area contributed by atoms with Crippen LogP contribution in [0.3, 0.4) is 0 Å². The number of oxime groups is 1. The summed E-state index contributed by atoms with van der Waals surface area (Å²) in [4.78, 5) is 11.2. The van der Waals surface area contributed by atoms with Crippen LogP contribution in [0, 0.1) is 0 Å². The Balaban J connectivity index is 1.43. The first kappa shape index (κ1) is 18.5. The van der Waals surface area contributed by atoms with Crippen LogP contribution in [-0.4, -0.2) is 28.5 Å². The number of rotatable bonds is 9. The van der Waals surface area contributed by atoms with E-state index in [1.165, 1.54) is 0 Å². The van der Waals surface area contributed by atoms with Gasteiger partial charge in [-0.05, 0) is 49.6 Å². The van der Waals surface area contributed by atoms with Crippen LogP contribution in [0.15, 0.2) is 59.9 Å². The highest BCUT2D eigenvalue weighted by Crippen LogP contribution is 2.20. The molecule has 2 aromatic carbocycles. The van der Waals surface area contributed by atoms with Crippen LogP contribution in [0.25, 0.3) is 10.9 Å². The Bertz CT molecular complexity index is 929. The van der Waals surface area contributed by atoms with Crippen molar-refractivity contribution in [2.24, 2.45) is 10.9 Å². The van der Waals surface area contributed by atoms with E-state index >= 15 is 0 Å². The number of fused-ring (bicyclic) bond motifs is 1.